The van der Waals surface area contributed by atoms with Gasteiger partial charge in [0.15, 0.2) is 0 Å². The monoisotopic (exact) mass is 324 g/mol. The van der Waals surface area contributed by atoms with Crippen molar-refractivity contribution in [2.45, 2.75) is 22.0 Å². The molecule has 1 aromatic carbocycles. The lowest BCUT2D eigenvalue weighted by atomic mass is 10.1. The zero-order valence-electron chi connectivity index (χ0n) is 7.31. The van der Waals surface area contributed by atoms with Gasteiger partial charge >= 0.3 is 0 Å². The van der Waals surface area contributed by atoms with Crippen molar-refractivity contribution in [3.63, 3.8) is 0 Å². The summed E-state index contributed by atoms with van der Waals surface area (Å²) < 4.78 is -0.386. The van der Waals surface area contributed by atoms with Gasteiger partial charge in [-0.15, -0.1) is 11.6 Å². The highest BCUT2D eigenvalue weighted by Gasteiger charge is 2.26. The van der Waals surface area contributed by atoms with Crippen molar-refractivity contribution < 1.29 is 0 Å². The molecule has 0 spiro atoms. The molecule has 0 N–H and O–H groups in total. The smallest absolute Gasteiger partial charge is 0.106 e. The molecule has 0 heterocycles. The molecule has 72 valence electrons. The summed E-state index contributed by atoms with van der Waals surface area (Å²) in [5.41, 5.74) is 1.29. The van der Waals surface area contributed by atoms with E-state index in [0.29, 0.717) is 0 Å². The largest absolute Gasteiger partial charge is 0.109 e. The summed E-state index contributed by atoms with van der Waals surface area (Å²) >= 11 is 13.1. The molecular weight excluding hydrogens is 315 g/mol. The van der Waals surface area contributed by atoms with Crippen molar-refractivity contribution >= 4 is 43.5 Å². The molecule has 0 fully saturated rings. The third-order valence-corrected chi connectivity index (χ3v) is 4.74. The van der Waals surface area contributed by atoms with Crippen LogP contribution < -0.4 is 0 Å². The summed E-state index contributed by atoms with van der Waals surface area (Å²) in [6.45, 7) is 1.94. The molecule has 1 rings (SSSR count). The summed E-state index contributed by atoms with van der Waals surface area (Å²) in [5, 5.41) is 0. The van der Waals surface area contributed by atoms with E-state index in [9.17, 15) is 0 Å². The number of benzene rings is 1. The molecule has 0 radical (unpaired) electrons. The van der Waals surface area contributed by atoms with Gasteiger partial charge in [-0.1, -0.05) is 62.2 Å². The minimum atomic E-state index is -0.386. The topological polar surface area (TPSA) is 0 Å². The highest BCUT2D eigenvalue weighted by atomic mass is 79.9. The summed E-state index contributed by atoms with van der Waals surface area (Å²) in [5.74, 6) is 0. The van der Waals surface area contributed by atoms with Crippen molar-refractivity contribution in [1.29, 1.82) is 0 Å². The molecule has 1 aromatic rings. The van der Waals surface area contributed by atoms with E-state index >= 15 is 0 Å². The average molecular weight is 326 g/mol. The summed E-state index contributed by atoms with van der Waals surface area (Å²) in [7, 11) is 0. The zero-order valence-corrected chi connectivity index (χ0v) is 11.2. The number of halogens is 3. The predicted octanol–water partition coefficient (Wildman–Crippen LogP) is 4.34. The normalized spacial score (nSPS) is 17.8. The molecule has 3 heteroatoms. The van der Waals surface area contributed by atoms with Gasteiger partial charge < -0.3 is 0 Å². The van der Waals surface area contributed by atoms with Crippen LogP contribution in [0.15, 0.2) is 30.3 Å². The van der Waals surface area contributed by atoms with Crippen molar-refractivity contribution in [2.75, 3.05) is 0 Å². The molecule has 0 nitrogen and oxygen atoms in total. The first-order chi connectivity index (χ1) is 6.00. The number of alkyl halides is 3. The Balaban J connectivity index is 2.61. The molecule has 2 unspecified atom stereocenters. The van der Waals surface area contributed by atoms with Gasteiger partial charge in [-0.05, 0) is 18.9 Å². The highest BCUT2D eigenvalue weighted by molar-refractivity contribution is 9.13. The van der Waals surface area contributed by atoms with Crippen molar-refractivity contribution in [3.8, 4) is 0 Å². The Bertz CT molecular complexity index is 253. The lowest BCUT2D eigenvalue weighted by Crippen LogP contribution is -2.23. The van der Waals surface area contributed by atoms with E-state index in [0.717, 1.165) is 6.42 Å². The molecule has 0 amide bonds. The third-order valence-electron chi connectivity index (χ3n) is 1.81. The maximum Gasteiger partial charge on any atom is 0.109 e. The van der Waals surface area contributed by atoms with Gasteiger partial charge in [0.2, 0.25) is 0 Å². The van der Waals surface area contributed by atoms with E-state index in [1.54, 1.807) is 0 Å². The van der Waals surface area contributed by atoms with Gasteiger partial charge in [-0.3, -0.25) is 0 Å². The molecular formula is C10H11Br2Cl. The van der Waals surface area contributed by atoms with Crippen LogP contribution in [0.5, 0.6) is 0 Å². The third kappa shape index (κ3) is 4.01. The molecule has 2 atom stereocenters. The lowest BCUT2D eigenvalue weighted by molar-refractivity contribution is 0.803. The molecule has 0 saturated heterocycles. The van der Waals surface area contributed by atoms with Crippen LogP contribution in [-0.4, -0.2) is 8.61 Å². The van der Waals surface area contributed by atoms with E-state index in [2.05, 4.69) is 44.0 Å². The summed E-state index contributed by atoms with van der Waals surface area (Å²) in [6.07, 6.45) is 0.923. The SMILES string of the molecule is CC(Cl)(Br)C(Br)Cc1ccccc1. The van der Waals surface area contributed by atoms with Crippen LogP contribution in [0.2, 0.25) is 0 Å². The van der Waals surface area contributed by atoms with Crippen molar-refractivity contribution in [3.05, 3.63) is 35.9 Å². The minimum absolute atomic E-state index is 0.226. The lowest BCUT2D eigenvalue weighted by Gasteiger charge is -2.20. The molecule has 0 aromatic heterocycles. The summed E-state index contributed by atoms with van der Waals surface area (Å²) in [6, 6.07) is 10.3. The fourth-order valence-electron chi connectivity index (χ4n) is 1.00. The van der Waals surface area contributed by atoms with Crippen LogP contribution in [0.3, 0.4) is 0 Å². The van der Waals surface area contributed by atoms with Gasteiger partial charge in [-0.2, -0.15) is 0 Å². The Hall–Kier alpha value is 0.470. The molecule has 0 aliphatic rings. The number of hydrogen-bond donors (Lipinski definition) is 0. The first-order valence-electron chi connectivity index (χ1n) is 4.06. The quantitative estimate of drug-likeness (QED) is 0.725. The maximum atomic E-state index is 6.10. The standard InChI is InChI=1S/C10H11Br2Cl/c1-10(12,13)9(11)7-8-5-3-2-4-6-8/h2-6,9H,7H2,1H3. The average Bonchev–Trinajstić information content (AvgIpc) is 2.04. The van der Waals surface area contributed by atoms with Crippen molar-refractivity contribution in [2.24, 2.45) is 0 Å². The van der Waals surface area contributed by atoms with E-state index < -0.39 is 0 Å². The van der Waals surface area contributed by atoms with Gasteiger partial charge in [0.05, 0.1) is 0 Å². The summed E-state index contributed by atoms with van der Waals surface area (Å²) in [4.78, 5) is 0.226. The number of hydrogen-bond acceptors (Lipinski definition) is 0. The molecule has 13 heavy (non-hydrogen) atoms. The zero-order chi connectivity index (χ0) is 9.90. The second-order valence-electron chi connectivity index (χ2n) is 3.11. The molecule has 0 bridgehead atoms. The number of rotatable bonds is 3. The first-order valence-corrected chi connectivity index (χ1v) is 6.14. The molecule has 0 saturated carbocycles. The van der Waals surface area contributed by atoms with Crippen LogP contribution >= 0.6 is 43.5 Å². The van der Waals surface area contributed by atoms with E-state index in [1.807, 2.05) is 25.1 Å². The van der Waals surface area contributed by atoms with Gasteiger partial charge in [-0.25, -0.2) is 0 Å². The Kier molecular flexibility index (Phi) is 4.27. The van der Waals surface area contributed by atoms with Crippen molar-refractivity contribution in [1.82, 2.24) is 0 Å². The molecule has 0 aliphatic heterocycles. The fraction of sp³-hybridized carbons (Fsp3) is 0.400. The Morgan fingerprint density at radius 2 is 1.92 bits per heavy atom. The Morgan fingerprint density at radius 3 is 2.38 bits per heavy atom. The van der Waals surface area contributed by atoms with E-state index in [1.165, 1.54) is 5.56 Å². The molecule has 0 aliphatic carbocycles. The van der Waals surface area contributed by atoms with Crippen LogP contribution in [0, 0.1) is 0 Å². The second-order valence-corrected chi connectivity index (χ2v) is 7.11. The Labute approximate surface area is 101 Å². The van der Waals surface area contributed by atoms with Crippen LogP contribution in [-0.2, 0) is 6.42 Å². The Morgan fingerprint density at radius 1 is 1.38 bits per heavy atom. The highest BCUT2D eigenvalue weighted by Crippen LogP contribution is 2.33. The van der Waals surface area contributed by atoms with Gasteiger partial charge in [0, 0.05) is 4.83 Å². The van der Waals surface area contributed by atoms with Gasteiger partial charge in [0.25, 0.3) is 0 Å². The fourth-order valence-corrected chi connectivity index (χ4v) is 1.61. The maximum absolute atomic E-state index is 6.10. The van der Waals surface area contributed by atoms with Crippen LogP contribution in [0.1, 0.15) is 12.5 Å². The van der Waals surface area contributed by atoms with Gasteiger partial charge in [0.1, 0.15) is 3.78 Å². The van der Waals surface area contributed by atoms with E-state index in [4.69, 9.17) is 11.6 Å². The van der Waals surface area contributed by atoms with Crippen LogP contribution in [0.25, 0.3) is 0 Å². The van der Waals surface area contributed by atoms with Crippen LogP contribution in [0.4, 0.5) is 0 Å². The predicted molar refractivity (Wildman–Crippen MR) is 66.0 cm³/mol. The second kappa shape index (κ2) is 4.81. The van der Waals surface area contributed by atoms with E-state index in [-0.39, 0.29) is 8.61 Å². The minimum Gasteiger partial charge on any atom is -0.106 e. The first kappa shape index (κ1) is 11.5.